The van der Waals surface area contributed by atoms with Crippen molar-refractivity contribution >= 4 is 11.6 Å². The zero-order valence-electron chi connectivity index (χ0n) is 12.0. The summed E-state index contributed by atoms with van der Waals surface area (Å²) >= 11 is 0. The lowest BCUT2D eigenvalue weighted by atomic mass is 9.89. The van der Waals surface area contributed by atoms with Gasteiger partial charge in [-0.3, -0.25) is 9.89 Å². The first-order chi connectivity index (χ1) is 9.06. The Morgan fingerprint density at radius 3 is 2.42 bits per heavy atom. The van der Waals surface area contributed by atoms with Crippen molar-refractivity contribution < 1.29 is 4.79 Å². The van der Waals surface area contributed by atoms with Crippen molar-refractivity contribution in [3.05, 3.63) is 11.4 Å². The van der Waals surface area contributed by atoms with E-state index in [9.17, 15) is 4.79 Å². The Labute approximate surface area is 114 Å². The molecular weight excluding hydrogens is 240 g/mol. The number of aromatic amines is 1. The van der Waals surface area contributed by atoms with E-state index in [-0.39, 0.29) is 11.4 Å². The zero-order valence-corrected chi connectivity index (χ0v) is 12.0. The number of hydrogen-bond donors (Lipinski definition) is 3. The first kappa shape index (κ1) is 13.9. The largest absolute Gasteiger partial charge is 0.395 e. The highest BCUT2D eigenvalue weighted by Gasteiger charge is 2.32. The van der Waals surface area contributed by atoms with Crippen molar-refractivity contribution in [1.82, 2.24) is 15.5 Å². The van der Waals surface area contributed by atoms with Crippen molar-refractivity contribution in [2.45, 2.75) is 64.3 Å². The van der Waals surface area contributed by atoms with E-state index in [4.69, 9.17) is 5.73 Å². The number of anilines is 1. The van der Waals surface area contributed by atoms with Gasteiger partial charge < -0.3 is 11.1 Å². The molecule has 1 aromatic rings. The summed E-state index contributed by atoms with van der Waals surface area (Å²) in [6, 6.07) is 0. The van der Waals surface area contributed by atoms with E-state index in [1.165, 1.54) is 0 Å². The molecule has 19 heavy (non-hydrogen) atoms. The average molecular weight is 264 g/mol. The molecule has 0 unspecified atom stereocenters. The molecule has 1 heterocycles. The van der Waals surface area contributed by atoms with Gasteiger partial charge in [-0.25, -0.2) is 0 Å². The summed E-state index contributed by atoms with van der Waals surface area (Å²) in [6.45, 7) is 6.28. The maximum absolute atomic E-state index is 12.3. The van der Waals surface area contributed by atoms with Gasteiger partial charge in [0, 0.05) is 11.5 Å². The van der Waals surface area contributed by atoms with E-state index < -0.39 is 0 Å². The molecule has 0 aromatic carbocycles. The van der Waals surface area contributed by atoms with Crippen LogP contribution in [0.2, 0.25) is 0 Å². The summed E-state index contributed by atoms with van der Waals surface area (Å²) in [5.41, 5.74) is 7.69. The van der Waals surface area contributed by atoms with Crippen LogP contribution in [-0.4, -0.2) is 21.6 Å². The molecule has 0 radical (unpaired) electrons. The van der Waals surface area contributed by atoms with Gasteiger partial charge in [0.2, 0.25) is 0 Å². The Morgan fingerprint density at radius 1 is 1.37 bits per heavy atom. The molecule has 4 N–H and O–H groups in total. The fourth-order valence-electron chi connectivity index (χ4n) is 2.54. The van der Waals surface area contributed by atoms with Gasteiger partial charge >= 0.3 is 0 Å². The van der Waals surface area contributed by atoms with Gasteiger partial charge in [-0.2, -0.15) is 5.10 Å². The van der Waals surface area contributed by atoms with E-state index in [1.54, 1.807) is 0 Å². The second-order valence-electron chi connectivity index (χ2n) is 5.47. The molecule has 5 heteroatoms. The Balaban J connectivity index is 2.15. The van der Waals surface area contributed by atoms with Crippen LogP contribution in [0.3, 0.4) is 0 Å². The summed E-state index contributed by atoms with van der Waals surface area (Å²) in [4.78, 5) is 12.3. The van der Waals surface area contributed by atoms with Gasteiger partial charge in [-0.05, 0) is 32.1 Å². The van der Waals surface area contributed by atoms with Crippen LogP contribution >= 0.6 is 0 Å². The van der Waals surface area contributed by atoms with Crippen LogP contribution in [0.4, 0.5) is 5.69 Å². The first-order valence-corrected chi connectivity index (χ1v) is 7.23. The van der Waals surface area contributed by atoms with Crippen molar-refractivity contribution in [2.75, 3.05) is 5.73 Å². The third-order valence-electron chi connectivity index (χ3n) is 4.44. The van der Waals surface area contributed by atoms with Crippen LogP contribution in [-0.2, 0) is 0 Å². The second-order valence-corrected chi connectivity index (χ2v) is 5.47. The Morgan fingerprint density at radius 2 is 1.95 bits per heavy atom. The molecule has 0 saturated heterocycles. The molecule has 1 saturated carbocycles. The summed E-state index contributed by atoms with van der Waals surface area (Å²) in [5, 5.41) is 10.1. The standard InChI is InChI=1S/C14H24N4O/c1-4-14(5-2,6-3)16-13(19)12-10(15)11(17-18-12)9-7-8-9/h9H,4-8,15H2,1-3H3,(H,16,19)(H,17,18). The van der Waals surface area contributed by atoms with E-state index in [2.05, 4.69) is 36.3 Å². The molecule has 1 amide bonds. The molecule has 2 rings (SSSR count). The van der Waals surface area contributed by atoms with Crippen LogP contribution in [0.1, 0.15) is 75.0 Å². The number of carbonyl (C=O) groups excluding carboxylic acids is 1. The maximum Gasteiger partial charge on any atom is 0.274 e. The molecule has 106 valence electrons. The lowest BCUT2D eigenvalue weighted by Crippen LogP contribution is -2.47. The number of carbonyl (C=O) groups is 1. The fourth-order valence-corrected chi connectivity index (χ4v) is 2.54. The van der Waals surface area contributed by atoms with E-state index >= 15 is 0 Å². The van der Waals surface area contributed by atoms with Crippen molar-refractivity contribution in [3.63, 3.8) is 0 Å². The highest BCUT2D eigenvalue weighted by Crippen LogP contribution is 2.42. The lowest BCUT2D eigenvalue weighted by molar-refractivity contribution is 0.0884. The highest BCUT2D eigenvalue weighted by atomic mass is 16.2. The fraction of sp³-hybridized carbons (Fsp3) is 0.714. The van der Waals surface area contributed by atoms with Gasteiger partial charge in [0.25, 0.3) is 5.91 Å². The number of rotatable bonds is 6. The number of amides is 1. The number of H-pyrrole nitrogens is 1. The van der Waals surface area contributed by atoms with Gasteiger partial charge in [0.1, 0.15) is 0 Å². The van der Waals surface area contributed by atoms with Crippen LogP contribution in [0.5, 0.6) is 0 Å². The van der Waals surface area contributed by atoms with Crippen molar-refractivity contribution in [1.29, 1.82) is 0 Å². The summed E-state index contributed by atoms with van der Waals surface area (Å²) in [7, 11) is 0. The van der Waals surface area contributed by atoms with Crippen LogP contribution < -0.4 is 11.1 Å². The first-order valence-electron chi connectivity index (χ1n) is 7.23. The van der Waals surface area contributed by atoms with Crippen LogP contribution in [0.15, 0.2) is 0 Å². The Bertz CT molecular complexity index is 450. The number of nitrogens with zero attached hydrogens (tertiary/aromatic N) is 1. The number of aromatic nitrogens is 2. The number of hydrogen-bond acceptors (Lipinski definition) is 3. The lowest BCUT2D eigenvalue weighted by Gasteiger charge is -2.31. The third-order valence-corrected chi connectivity index (χ3v) is 4.44. The molecule has 0 aliphatic heterocycles. The molecule has 5 nitrogen and oxygen atoms in total. The highest BCUT2D eigenvalue weighted by molar-refractivity contribution is 5.98. The van der Waals surface area contributed by atoms with E-state index in [1.807, 2.05) is 0 Å². The number of nitrogen functional groups attached to an aromatic ring is 1. The molecule has 1 aliphatic carbocycles. The van der Waals surface area contributed by atoms with Gasteiger partial charge in [0.15, 0.2) is 5.69 Å². The number of nitrogens with two attached hydrogens (primary N) is 1. The van der Waals surface area contributed by atoms with Crippen molar-refractivity contribution in [3.8, 4) is 0 Å². The maximum atomic E-state index is 12.3. The minimum absolute atomic E-state index is 0.151. The molecule has 1 fully saturated rings. The van der Waals surface area contributed by atoms with Crippen LogP contribution in [0, 0.1) is 0 Å². The topological polar surface area (TPSA) is 83.8 Å². The summed E-state index contributed by atoms with van der Waals surface area (Å²) < 4.78 is 0. The predicted molar refractivity (Wildman–Crippen MR) is 76.0 cm³/mol. The average Bonchev–Trinajstić information content (AvgIpc) is 3.19. The van der Waals surface area contributed by atoms with Crippen molar-refractivity contribution in [2.24, 2.45) is 0 Å². The quantitative estimate of drug-likeness (QED) is 0.738. The Kier molecular flexibility index (Phi) is 3.83. The smallest absolute Gasteiger partial charge is 0.274 e. The van der Waals surface area contributed by atoms with Gasteiger partial charge in [0.05, 0.1) is 11.4 Å². The molecule has 1 aliphatic rings. The third kappa shape index (κ3) is 2.60. The van der Waals surface area contributed by atoms with Gasteiger partial charge in [-0.15, -0.1) is 0 Å². The number of nitrogens with one attached hydrogen (secondary N) is 2. The van der Waals surface area contributed by atoms with Crippen LogP contribution in [0.25, 0.3) is 0 Å². The predicted octanol–water partition coefficient (Wildman–Crippen LogP) is 2.57. The monoisotopic (exact) mass is 264 g/mol. The van der Waals surface area contributed by atoms with E-state index in [0.717, 1.165) is 37.8 Å². The molecule has 0 bridgehead atoms. The Hall–Kier alpha value is -1.52. The summed E-state index contributed by atoms with van der Waals surface area (Å²) in [5.74, 6) is 0.313. The van der Waals surface area contributed by atoms with E-state index in [0.29, 0.717) is 17.3 Å². The zero-order chi connectivity index (χ0) is 14.0. The minimum Gasteiger partial charge on any atom is -0.395 e. The SMILES string of the molecule is CCC(CC)(CC)NC(=O)c1n[nH]c(C2CC2)c1N. The normalized spacial score (nSPS) is 15.5. The molecule has 1 aromatic heterocycles. The molecule has 0 atom stereocenters. The summed E-state index contributed by atoms with van der Waals surface area (Å²) in [6.07, 6.45) is 5.00. The van der Waals surface area contributed by atoms with Gasteiger partial charge in [-0.1, -0.05) is 20.8 Å². The minimum atomic E-state index is -0.161. The molecule has 0 spiro atoms. The molecular formula is C14H24N4O. The second kappa shape index (κ2) is 5.23.